The molecule has 1 aliphatic rings. The van der Waals surface area contributed by atoms with E-state index in [1.165, 1.54) is 0 Å². The van der Waals surface area contributed by atoms with Crippen molar-refractivity contribution >= 4 is 0 Å². The second-order valence-electron chi connectivity index (χ2n) is 6.86. The van der Waals surface area contributed by atoms with Crippen LogP contribution in [0.2, 0.25) is 0 Å². The van der Waals surface area contributed by atoms with Crippen molar-refractivity contribution in [3.8, 4) is 0 Å². The van der Waals surface area contributed by atoms with Crippen molar-refractivity contribution in [2.75, 3.05) is 13.2 Å². The van der Waals surface area contributed by atoms with Crippen molar-refractivity contribution in [3.63, 3.8) is 0 Å². The highest BCUT2D eigenvalue weighted by atomic mass is 16.7. The van der Waals surface area contributed by atoms with Gasteiger partial charge in [-0.25, -0.2) is 0 Å². The number of ether oxygens (including phenoxy) is 4. The molecule has 1 saturated heterocycles. The molecule has 0 amide bonds. The molecule has 1 heterocycles. The van der Waals surface area contributed by atoms with E-state index >= 15 is 0 Å². The van der Waals surface area contributed by atoms with Gasteiger partial charge in [0.2, 0.25) is 0 Å². The third kappa shape index (κ3) is 5.96. The van der Waals surface area contributed by atoms with Gasteiger partial charge in [-0.3, -0.25) is 0 Å². The lowest BCUT2D eigenvalue weighted by Crippen LogP contribution is -2.61. The SMILES string of the molecule is C=CCO[C@@H]1[C@@H](OCc2ccccc2)[C@H](OCc2ccccc2)C(CO)O[C@@H]1O. The van der Waals surface area contributed by atoms with Crippen LogP contribution in [0.25, 0.3) is 0 Å². The molecule has 1 fully saturated rings. The van der Waals surface area contributed by atoms with Crippen LogP contribution in [0.3, 0.4) is 0 Å². The molecule has 0 spiro atoms. The van der Waals surface area contributed by atoms with Crippen LogP contribution in [-0.4, -0.2) is 54.1 Å². The second kappa shape index (κ2) is 11.2. The number of benzene rings is 2. The number of rotatable bonds is 10. The standard InChI is InChI=1S/C23H28O6/c1-2-13-26-22-21(28-16-18-11-7-4-8-12-18)20(19(14-24)29-23(22)25)27-15-17-9-5-3-6-10-17/h2-12,19-25H,1,13-16H2/t19?,20-,21+,22-,23+/m1/s1. The first kappa shape index (κ1) is 21.6. The van der Waals surface area contributed by atoms with Gasteiger partial charge in [0.25, 0.3) is 0 Å². The minimum Gasteiger partial charge on any atom is -0.394 e. The van der Waals surface area contributed by atoms with Crippen molar-refractivity contribution in [1.29, 1.82) is 0 Å². The van der Waals surface area contributed by atoms with Gasteiger partial charge < -0.3 is 29.2 Å². The molecule has 2 aromatic rings. The van der Waals surface area contributed by atoms with Gasteiger partial charge in [-0.05, 0) is 11.1 Å². The van der Waals surface area contributed by atoms with E-state index in [4.69, 9.17) is 18.9 Å². The topological polar surface area (TPSA) is 77.4 Å². The van der Waals surface area contributed by atoms with Crippen LogP contribution in [0.4, 0.5) is 0 Å². The molecule has 2 N–H and O–H groups in total. The summed E-state index contributed by atoms with van der Waals surface area (Å²) < 4.78 is 23.6. The number of hydrogen-bond acceptors (Lipinski definition) is 6. The van der Waals surface area contributed by atoms with Crippen LogP contribution in [-0.2, 0) is 32.2 Å². The molecule has 0 bridgehead atoms. The van der Waals surface area contributed by atoms with E-state index < -0.39 is 30.7 Å². The van der Waals surface area contributed by atoms with E-state index in [1.54, 1.807) is 6.08 Å². The molecule has 3 rings (SSSR count). The van der Waals surface area contributed by atoms with Crippen molar-refractivity contribution < 1.29 is 29.2 Å². The Morgan fingerprint density at radius 2 is 1.38 bits per heavy atom. The summed E-state index contributed by atoms with van der Waals surface area (Å²) in [5.41, 5.74) is 1.97. The lowest BCUT2D eigenvalue weighted by molar-refractivity contribution is -0.312. The van der Waals surface area contributed by atoms with Crippen LogP contribution in [0.1, 0.15) is 11.1 Å². The fourth-order valence-corrected chi connectivity index (χ4v) is 3.32. The Morgan fingerprint density at radius 3 is 1.90 bits per heavy atom. The lowest BCUT2D eigenvalue weighted by atomic mass is 9.98. The Labute approximate surface area is 171 Å². The predicted molar refractivity (Wildman–Crippen MR) is 108 cm³/mol. The molecule has 156 valence electrons. The van der Waals surface area contributed by atoms with Gasteiger partial charge in [0.05, 0.1) is 26.4 Å². The highest BCUT2D eigenvalue weighted by molar-refractivity contribution is 5.14. The Hall–Kier alpha value is -2.06. The number of hydrogen-bond donors (Lipinski definition) is 2. The summed E-state index contributed by atoms with van der Waals surface area (Å²) in [4.78, 5) is 0. The molecule has 5 atom stereocenters. The van der Waals surface area contributed by atoms with Crippen LogP contribution < -0.4 is 0 Å². The highest BCUT2D eigenvalue weighted by Crippen LogP contribution is 2.28. The quantitative estimate of drug-likeness (QED) is 0.597. The normalized spacial score (nSPS) is 26.9. The maximum absolute atomic E-state index is 10.4. The van der Waals surface area contributed by atoms with Gasteiger partial charge in [-0.2, -0.15) is 0 Å². The molecule has 0 saturated carbocycles. The molecule has 1 unspecified atom stereocenters. The fourth-order valence-electron chi connectivity index (χ4n) is 3.32. The zero-order valence-electron chi connectivity index (χ0n) is 16.3. The molecule has 0 aliphatic carbocycles. The third-order valence-electron chi connectivity index (χ3n) is 4.77. The summed E-state index contributed by atoms with van der Waals surface area (Å²) >= 11 is 0. The lowest BCUT2D eigenvalue weighted by Gasteiger charge is -2.44. The third-order valence-corrected chi connectivity index (χ3v) is 4.77. The molecular weight excluding hydrogens is 372 g/mol. The Kier molecular flexibility index (Phi) is 8.37. The Morgan fingerprint density at radius 1 is 0.828 bits per heavy atom. The molecule has 29 heavy (non-hydrogen) atoms. The average molecular weight is 400 g/mol. The maximum atomic E-state index is 10.4. The number of aliphatic hydroxyl groups excluding tert-OH is 2. The van der Waals surface area contributed by atoms with E-state index in [1.807, 2.05) is 60.7 Å². The largest absolute Gasteiger partial charge is 0.394 e. The average Bonchev–Trinajstić information content (AvgIpc) is 2.77. The van der Waals surface area contributed by atoms with Crippen molar-refractivity contribution in [2.45, 2.75) is 43.9 Å². The van der Waals surface area contributed by atoms with Gasteiger partial charge in [-0.1, -0.05) is 66.7 Å². The van der Waals surface area contributed by atoms with Crippen molar-refractivity contribution in [3.05, 3.63) is 84.4 Å². The van der Waals surface area contributed by atoms with E-state index in [-0.39, 0.29) is 13.2 Å². The predicted octanol–water partition coefficient (Wildman–Crippen LogP) is 2.44. The van der Waals surface area contributed by atoms with Gasteiger partial charge in [0.15, 0.2) is 6.29 Å². The summed E-state index contributed by atoms with van der Waals surface area (Å²) in [6.07, 6.45) is -2.43. The second-order valence-corrected chi connectivity index (χ2v) is 6.86. The summed E-state index contributed by atoms with van der Waals surface area (Å²) in [5, 5.41) is 20.3. The van der Waals surface area contributed by atoms with E-state index in [2.05, 4.69) is 6.58 Å². The monoisotopic (exact) mass is 400 g/mol. The maximum Gasteiger partial charge on any atom is 0.184 e. The zero-order chi connectivity index (χ0) is 20.5. The van der Waals surface area contributed by atoms with E-state index in [9.17, 15) is 10.2 Å². The smallest absolute Gasteiger partial charge is 0.184 e. The first-order valence-electron chi connectivity index (χ1n) is 9.71. The fraction of sp³-hybridized carbons (Fsp3) is 0.391. The summed E-state index contributed by atoms with van der Waals surface area (Å²) in [5.74, 6) is 0. The molecular formula is C23H28O6. The summed E-state index contributed by atoms with van der Waals surface area (Å²) in [7, 11) is 0. The first-order chi connectivity index (χ1) is 14.2. The minimum absolute atomic E-state index is 0.228. The molecule has 6 nitrogen and oxygen atoms in total. The van der Waals surface area contributed by atoms with E-state index in [0.29, 0.717) is 13.2 Å². The number of aliphatic hydroxyl groups is 2. The molecule has 6 heteroatoms. The van der Waals surface area contributed by atoms with Crippen LogP contribution in [0.15, 0.2) is 73.3 Å². The Bertz CT molecular complexity index is 723. The van der Waals surface area contributed by atoms with Crippen LogP contribution in [0, 0.1) is 0 Å². The Balaban J connectivity index is 1.78. The zero-order valence-corrected chi connectivity index (χ0v) is 16.3. The summed E-state index contributed by atoms with van der Waals surface area (Å²) in [6, 6.07) is 19.4. The minimum atomic E-state index is -1.25. The van der Waals surface area contributed by atoms with E-state index in [0.717, 1.165) is 11.1 Å². The van der Waals surface area contributed by atoms with Crippen LogP contribution in [0.5, 0.6) is 0 Å². The molecule has 2 aromatic carbocycles. The molecule has 0 aromatic heterocycles. The van der Waals surface area contributed by atoms with Gasteiger partial charge in [0.1, 0.15) is 24.4 Å². The highest BCUT2D eigenvalue weighted by Gasteiger charge is 2.47. The first-order valence-corrected chi connectivity index (χ1v) is 9.71. The summed E-state index contributed by atoms with van der Waals surface area (Å²) in [6.45, 7) is 4.21. The van der Waals surface area contributed by atoms with Crippen molar-refractivity contribution in [1.82, 2.24) is 0 Å². The van der Waals surface area contributed by atoms with Gasteiger partial charge in [-0.15, -0.1) is 6.58 Å². The van der Waals surface area contributed by atoms with Crippen LogP contribution >= 0.6 is 0 Å². The molecule has 0 radical (unpaired) electrons. The van der Waals surface area contributed by atoms with Crippen molar-refractivity contribution in [2.24, 2.45) is 0 Å². The van der Waals surface area contributed by atoms with Gasteiger partial charge in [0, 0.05) is 0 Å². The molecule has 1 aliphatic heterocycles. The van der Waals surface area contributed by atoms with Gasteiger partial charge >= 0.3 is 0 Å².